The first-order valence-corrected chi connectivity index (χ1v) is 7.79. The number of rotatable bonds is 6. The van der Waals surface area contributed by atoms with Gasteiger partial charge in [0.05, 0.1) is 13.2 Å². The molecule has 0 aromatic carbocycles. The molecule has 2 rings (SSSR count). The minimum Gasteiger partial charge on any atom is -0.423 e. The van der Waals surface area contributed by atoms with E-state index in [1.807, 2.05) is 0 Å². The zero-order valence-electron chi connectivity index (χ0n) is 13.7. The van der Waals surface area contributed by atoms with Crippen LogP contribution in [-0.4, -0.2) is 53.4 Å². The van der Waals surface area contributed by atoms with E-state index >= 15 is 0 Å². The van der Waals surface area contributed by atoms with Gasteiger partial charge in [-0.2, -0.15) is 0 Å². The number of hydrogen-bond acceptors (Lipinski definition) is 6. The van der Waals surface area contributed by atoms with Gasteiger partial charge in [-0.3, -0.25) is 4.79 Å². The first-order chi connectivity index (χ1) is 10.5. The van der Waals surface area contributed by atoms with Gasteiger partial charge in [0.2, 0.25) is 11.8 Å². The summed E-state index contributed by atoms with van der Waals surface area (Å²) in [4.78, 5) is 14.2. The van der Waals surface area contributed by atoms with Crippen molar-refractivity contribution in [2.45, 2.75) is 46.3 Å². The predicted molar refractivity (Wildman–Crippen MR) is 79.2 cm³/mol. The molecule has 0 N–H and O–H groups in total. The molecule has 1 aromatic rings. The van der Waals surface area contributed by atoms with Gasteiger partial charge in [-0.25, -0.2) is 0 Å². The molecule has 1 aliphatic rings. The third-order valence-corrected chi connectivity index (χ3v) is 3.61. The number of carbonyl (C=O) groups is 1. The number of ether oxygens (including phenoxy) is 2. The number of aromatic nitrogens is 2. The van der Waals surface area contributed by atoms with E-state index in [-0.39, 0.29) is 12.0 Å². The highest BCUT2D eigenvalue weighted by molar-refractivity contribution is 5.80. The molecule has 0 aliphatic carbocycles. The summed E-state index contributed by atoms with van der Waals surface area (Å²) in [5.74, 6) is 1.46. The summed E-state index contributed by atoms with van der Waals surface area (Å²) in [6, 6.07) is 0. The molecule has 0 unspecified atom stereocenters. The van der Waals surface area contributed by atoms with Crippen molar-refractivity contribution in [1.82, 2.24) is 15.1 Å². The van der Waals surface area contributed by atoms with Crippen molar-refractivity contribution in [1.29, 1.82) is 0 Å². The van der Waals surface area contributed by atoms with Crippen LogP contribution in [0.15, 0.2) is 4.42 Å². The monoisotopic (exact) mass is 311 g/mol. The number of aryl methyl sites for hydroxylation is 1. The third kappa shape index (κ3) is 4.51. The molecule has 7 nitrogen and oxygen atoms in total. The molecule has 1 fully saturated rings. The van der Waals surface area contributed by atoms with E-state index in [2.05, 4.69) is 24.0 Å². The van der Waals surface area contributed by atoms with Gasteiger partial charge in [-0.15, -0.1) is 10.2 Å². The van der Waals surface area contributed by atoms with Crippen molar-refractivity contribution in [3.63, 3.8) is 0 Å². The van der Waals surface area contributed by atoms with Gasteiger partial charge in [-0.05, 0) is 19.3 Å². The Morgan fingerprint density at radius 3 is 2.82 bits per heavy atom. The molecule has 1 saturated heterocycles. The van der Waals surface area contributed by atoms with Crippen LogP contribution in [0.3, 0.4) is 0 Å². The first-order valence-electron chi connectivity index (χ1n) is 7.79. The fourth-order valence-electron chi connectivity index (χ4n) is 2.25. The fraction of sp³-hybridized carbons (Fsp3) is 0.800. The molecule has 0 radical (unpaired) electrons. The van der Waals surface area contributed by atoms with Crippen molar-refractivity contribution in [2.24, 2.45) is 5.92 Å². The molecule has 22 heavy (non-hydrogen) atoms. The topological polar surface area (TPSA) is 77.7 Å². The molecule has 0 spiro atoms. The zero-order chi connectivity index (χ0) is 16.1. The molecular weight excluding hydrogens is 286 g/mol. The van der Waals surface area contributed by atoms with Gasteiger partial charge in [0.25, 0.3) is 5.91 Å². The van der Waals surface area contributed by atoms with E-state index in [0.717, 1.165) is 6.42 Å². The number of carbonyl (C=O) groups excluding carboxylic acids is 1. The van der Waals surface area contributed by atoms with Gasteiger partial charge in [0.15, 0.2) is 6.10 Å². The van der Waals surface area contributed by atoms with Gasteiger partial charge in [0.1, 0.15) is 6.10 Å². The summed E-state index contributed by atoms with van der Waals surface area (Å²) in [6.45, 7) is 9.82. The molecular formula is C15H25N3O4. The van der Waals surface area contributed by atoms with E-state index in [9.17, 15) is 4.79 Å². The van der Waals surface area contributed by atoms with Gasteiger partial charge >= 0.3 is 0 Å². The Morgan fingerprint density at radius 1 is 1.41 bits per heavy atom. The number of morpholine rings is 1. The van der Waals surface area contributed by atoms with E-state index in [1.165, 1.54) is 0 Å². The summed E-state index contributed by atoms with van der Waals surface area (Å²) in [5, 5.41) is 7.77. The molecule has 7 heteroatoms. The lowest BCUT2D eigenvalue weighted by Gasteiger charge is -2.32. The summed E-state index contributed by atoms with van der Waals surface area (Å²) >= 11 is 0. The third-order valence-electron chi connectivity index (χ3n) is 3.61. The minimum atomic E-state index is -0.443. The second kappa shape index (κ2) is 7.69. The predicted octanol–water partition coefficient (Wildman–Crippen LogP) is 1.73. The maximum atomic E-state index is 12.4. The lowest BCUT2D eigenvalue weighted by Crippen LogP contribution is -2.46. The van der Waals surface area contributed by atoms with Crippen molar-refractivity contribution >= 4 is 5.91 Å². The summed E-state index contributed by atoms with van der Waals surface area (Å²) in [7, 11) is 0. The maximum Gasteiger partial charge on any atom is 0.251 e. The van der Waals surface area contributed by atoms with Crippen LogP contribution in [-0.2, 0) is 14.3 Å². The van der Waals surface area contributed by atoms with E-state index in [4.69, 9.17) is 13.9 Å². The summed E-state index contributed by atoms with van der Waals surface area (Å²) in [6.07, 6.45) is 0.147. The lowest BCUT2D eigenvalue weighted by atomic mass is 10.1. The van der Waals surface area contributed by atoms with Crippen LogP contribution in [0.5, 0.6) is 0 Å². The summed E-state index contributed by atoms with van der Waals surface area (Å²) < 4.78 is 16.6. The Kier molecular flexibility index (Phi) is 5.90. The molecule has 0 saturated carbocycles. The Labute approximate surface area is 131 Å². The quantitative estimate of drug-likeness (QED) is 0.796. The smallest absolute Gasteiger partial charge is 0.251 e. The number of amides is 1. The minimum absolute atomic E-state index is 0.0201. The Hall–Kier alpha value is -1.47. The Bertz CT molecular complexity index is 489. The van der Waals surface area contributed by atoms with Crippen LogP contribution in [0.25, 0.3) is 0 Å². The highest BCUT2D eigenvalue weighted by Gasteiger charge is 2.31. The zero-order valence-corrected chi connectivity index (χ0v) is 13.7. The van der Waals surface area contributed by atoms with Gasteiger partial charge in [0, 0.05) is 20.1 Å². The van der Waals surface area contributed by atoms with Crippen molar-refractivity contribution < 1.29 is 18.7 Å². The largest absolute Gasteiger partial charge is 0.423 e. The lowest BCUT2D eigenvalue weighted by molar-refractivity contribution is -0.151. The van der Waals surface area contributed by atoms with Crippen molar-refractivity contribution in [3.8, 4) is 0 Å². The first kappa shape index (κ1) is 16.9. The van der Waals surface area contributed by atoms with Crippen LogP contribution in [0.2, 0.25) is 0 Å². The molecule has 1 aliphatic heterocycles. The van der Waals surface area contributed by atoms with Crippen LogP contribution in [0.4, 0.5) is 0 Å². The highest BCUT2D eigenvalue weighted by atomic mass is 16.5. The average Bonchev–Trinajstić information content (AvgIpc) is 2.92. The highest BCUT2D eigenvalue weighted by Crippen LogP contribution is 2.21. The Morgan fingerprint density at radius 2 is 2.18 bits per heavy atom. The normalized spacial score (nSPS) is 20.4. The van der Waals surface area contributed by atoms with Crippen molar-refractivity contribution in [3.05, 3.63) is 11.8 Å². The molecule has 0 bridgehead atoms. The molecule has 124 valence electrons. The molecule has 2 atom stereocenters. The van der Waals surface area contributed by atoms with E-state index in [0.29, 0.717) is 44.0 Å². The maximum absolute atomic E-state index is 12.4. The Balaban J connectivity index is 1.87. The molecule has 2 heterocycles. The van der Waals surface area contributed by atoms with Crippen LogP contribution in [0, 0.1) is 12.8 Å². The molecule has 1 amide bonds. The second-order valence-electron chi connectivity index (χ2n) is 6.00. The van der Waals surface area contributed by atoms with Gasteiger partial charge in [-0.1, -0.05) is 13.8 Å². The second-order valence-corrected chi connectivity index (χ2v) is 6.00. The van der Waals surface area contributed by atoms with Crippen molar-refractivity contribution in [2.75, 3.05) is 26.3 Å². The van der Waals surface area contributed by atoms with Crippen LogP contribution >= 0.6 is 0 Å². The average molecular weight is 311 g/mol. The molecule has 1 aromatic heterocycles. The van der Waals surface area contributed by atoms with Gasteiger partial charge < -0.3 is 18.8 Å². The SMILES string of the molecule is Cc1nnc([C@@H]2CN(C(=O)[C@@H](C)OCCC(C)C)CCO2)o1. The summed E-state index contributed by atoms with van der Waals surface area (Å²) in [5.41, 5.74) is 0. The van der Waals surface area contributed by atoms with Crippen LogP contribution in [0.1, 0.15) is 45.1 Å². The standard InChI is InChI=1S/C15H25N3O4/c1-10(2)5-7-20-11(3)15(19)18-6-8-21-13(9-18)14-17-16-12(4)22-14/h10-11,13H,5-9H2,1-4H3/t11-,13+/m1/s1. The van der Waals surface area contributed by atoms with E-state index in [1.54, 1.807) is 18.7 Å². The fourth-order valence-corrected chi connectivity index (χ4v) is 2.25. The van der Waals surface area contributed by atoms with Crippen LogP contribution < -0.4 is 0 Å². The van der Waals surface area contributed by atoms with E-state index < -0.39 is 6.10 Å². The number of nitrogens with zero attached hydrogens (tertiary/aromatic N) is 3. The number of hydrogen-bond donors (Lipinski definition) is 0.